The van der Waals surface area contributed by atoms with E-state index in [4.69, 9.17) is 0 Å². The summed E-state index contributed by atoms with van der Waals surface area (Å²) in [5.74, 6) is 1.71. The maximum atomic E-state index is 4.45. The topological polar surface area (TPSA) is 29.9 Å². The van der Waals surface area contributed by atoms with Crippen molar-refractivity contribution in [2.24, 2.45) is 5.92 Å². The molecule has 3 heteroatoms. The highest BCUT2D eigenvalue weighted by molar-refractivity contribution is 5.28. The molecule has 0 saturated heterocycles. The van der Waals surface area contributed by atoms with Gasteiger partial charge in [-0.15, -0.1) is 0 Å². The summed E-state index contributed by atoms with van der Waals surface area (Å²) in [6.07, 6.45) is 4.57. The molecule has 86 valence electrons. The third-order valence-electron chi connectivity index (χ3n) is 3.25. The standard InChI is InChI=1S/C12H23N3/c1-6-11(7-2)10(4)15-8-9(3)14-12(15)13-5/h8,10-11H,6-7H2,1-5H3,(H,13,14). The van der Waals surface area contributed by atoms with Gasteiger partial charge in [0.15, 0.2) is 0 Å². The molecule has 1 aromatic heterocycles. The Balaban J connectivity index is 2.93. The van der Waals surface area contributed by atoms with E-state index in [0.29, 0.717) is 6.04 Å². The van der Waals surface area contributed by atoms with Crippen LogP contribution >= 0.6 is 0 Å². The minimum absolute atomic E-state index is 0.517. The van der Waals surface area contributed by atoms with Gasteiger partial charge >= 0.3 is 0 Å². The Morgan fingerprint density at radius 2 is 2.00 bits per heavy atom. The van der Waals surface area contributed by atoms with Crippen LogP contribution in [0.15, 0.2) is 6.20 Å². The quantitative estimate of drug-likeness (QED) is 0.807. The van der Waals surface area contributed by atoms with Crippen molar-refractivity contribution in [3.05, 3.63) is 11.9 Å². The summed E-state index contributed by atoms with van der Waals surface area (Å²) in [5.41, 5.74) is 1.08. The van der Waals surface area contributed by atoms with E-state index in [1.165, 1.54) is 12.8 Å². The average molecular weight is 209 g/mol. The second-order valence-corrected chi connectivity index (χ2v) is 4.18. The second-order valence-electron chi connectivity index (χ2n) is 4.18. The van der Waals surface area contributed by atoms with E-state index in [2.05, 4.69) is 41.8 Å². The van der Waals surface area contributed by atoms with E-state index in [-0.39, 0.29) is 0 Å². The lowest BCUT2D eigenvalue weighted by atomic mass is 9.95. The fourth-order valence-corrected chi connectivity index (χ4v) is 2.21. The number of aromatic nitrogens is 2. The molecule has 1 rings (SSSR count). The zero-order valence-electron chi connectivity index (χ0n) is 10.5. The number of nitrogens with zero attached hydrogens (tertiary/aromatic N) is 2. The Bertz CT molecular complexity index is 300. The molecule has 0 aromatic carbocycles. The molecular formula is C12H23N3. The first-order valence-corrected chi connectivity index (χ1v) is 5.87. The van der Waals surface area contributed by atoms with Gasteiger partial charge < -0.3 is 9.88 Å². The molecule has 0 saturated carbocycles. The van der Waals surface area contributed by atoms with Crippen LogP contribution in [0.5, 0.6) is 0 Å². The van der Waals surface area contributed by atoms with Crippen molar-refractivity contribution in [3.63, 3.8) is 0 Å². The number of hydrogen-bond donors (Lipinski definition) is 1. The van der Waals surface area contributed by atoms with Crippen LogP contribution < -0.4 is 5.32 Å². The first-order chi connectivity index (χ1) is 7.13. The number of aryl methyl sites for hydroxylation is 1. The third kappa shape index (κ3) is 2.52. The van der Waals surface area contributed by atoms with Crippen molar-refractivity contribution in [1.29, 1.82) is 0 Å². The summed E-state index contributed by atoms with van der Waals surface area (Å²) in [7, 11) is 1.93. The zero-order chi connectivity index (χ0) is 11.4. The summed E-state index contributed by atoms with van der Waals surface area (Å²) in [4.78, 5) is 4.45. The number of rotatable bonds is 5. The molecule has 0 aliphatic carbocycles. The van der Waals surface area contributed by atoms with Crippen molar-refractivity contribution < 1.29 is 0 Å². The Morgan fingerprint density at radius 3 is 2.47 bits per heavy atom. The van der Waals surface area contributed by atoms with Gasteiger partial charge in [0.05, 0.1) is 5.69 Å². The molecule has 1 unspecified atom stereocenters. The highest BCUT2D eigenvalue weighted by atomic mass is 15.2. The van der Waals surface area contributed by atoms with Gasteiger partial charge in [-0.05, 0) is 19.8 Å². The van der Waals surface area contributed by atoms with Crippen molar-refractivity contribution in [2.75, 3.05) is 12.4 Å². The average Bonchev–Trinajstić information content (AvgIpc) is 2.61. The van der Waals surface area contributed by atoms with Crippen LogP contribution in [-0.4, -0.2) is 16.6 Å². The van der Waals surface area contributed by atoms with E-state index in [0.717, 1.165) is 17.6 Å². The van der Waals surface area contributed by atoms with Crippen LogP contribution in [0.4, 0.5) is 5.95 Å². The number of nitrogens with one attached hydrogen (secondary N) is 1. The summed E-state index contributed by atoms with van der Waals surface area (Å²) < 4.78 is 2.26. The minimum Gasteiger partial charge on any atom is -0.359 e. The molecule has 0 spiro atoms. The van der Waals surface area contributed by atoms with Crippen molar-refractivity contribution in [2.45, 2.75) is 46.6 Å². The molecule has 1 aromatic rings. The fourth-order valence-electron chi connectivity index (χ4n) is 2.21. The molecule has 0 radical (unpaired) electrons. The van der Waals surface area contributed by atoms with E-state index in [1.807, 2.05) is 14.0 Å². The van der Waals surface area contributed by atoms with Crippen LogP contribution in [0.25, 0.3) is 0 Å². The Labute approximate surface area is 92.9 Å². The molecule has 0 aliphatic heterocycles. The molecular weight excluding hydrogens is 186 g/mol. The molecule has 0 bridgehead atoms. The van der Waals surface area contributed by atoms with Crippen LogP contribution in [0.1, 0.15) is 45.3 Å². The van der Waals surface area contributed by atoms with Crippen molar-refractivity contribution >= 4 is 5.95 Å². The Morgan fingerprint density at radius 1 is 1.40 bits per heavy atom. The van der Waals surface area contributed by atoms with Crippen LogP contribution in [-0.2, 0) is 0 Å². The van der Waals surface area contributed by atoms with Crippen molar-refractivity contribution in [1.82, 2.24) is 9.55 Å². The third-order valence-corrected chi connectivity index (χ3v) is 3.25. The monoisotopic (exact) mass is 209 g/mol. The summed E-state index contributed by atoms with van der Waals surface area (Å²) in [5, 5.41) is 3.15. The van der Waals surface area contributed by atoms with Gasteiger partial charge in [-0.2, -0.15) is 0 Å². The Kier molecular flexibility index (Phi) is 4.18. The lowest BCUT2D eigenvalue weighted by molar-refractivity contribution is 0.336. The molecule has 3 nitrogen and oxygen atoms in total. The van der Waals surface area contributed by atoms with Crippen LogP contribution in [0.3, 0.4) is 0 Å². The van der Waals surface area contributed by atoms with Gasteiger partial charge in [0, 0.05) is 19.3 Å². The maximum Gasteiger partial charge on any atom is 0.203 e. The lowest BCUT2D eigenvalue weighted by Crippen LogP contribution is -2.16. The first kappa shape index (κ1) is 12.1. The highest BCUT2D eigenvalue weighted by Crippen LogP contribution is 2.27. The van der Waals surface area contributed by atoms with Gasteiger partial charge in [-0.1, -0.05) is 26.7 Å². The van der Waals surface area contributed by atoms with Gasteiger partial charge in [-0.25, -0.2) is 4.98 Å². The van der Waals surface area contributed by atoms with E-state index < -0.39 is 0 Å². The molecule has 15 heavy (non-hydrogen) atoms. The van der Waals surface area contributed by atoms with E-state index in [9.17, 15) is 0 Å². The summed E-state index contributed by atoms with van der Waals surface area (Å²) in [6.45, 7) is 8.83. The van der Waals surface area contributed by atoms with Crippen LogP contribution in [0, 0.1) is 12.8 Å². The van der Waals surface area contributed by atoms with Crippen LogP contribution in [0.2, 0.25) is 0 Å². The SMILES string of the molecule is CCC(CC)C(C)n1cc(C)nc1NC. The normalized spacial score (nSPS) is 13.2. The predicted molar refractivity (Wildman–Crippen MR) is 65.3 cm³/mol. The van der Waals surface area contributed by atoms with E-state index >= 15 is 0 Å². The smallest absolute Gasteiger partial charge is 0.203 e. The molecule has 1 heterocycles. The lowest BCUT2D eigenvalue weighted by Gasteiger charge is -2.24. The van der Waals surface area contributed by atoms with E-state index in [1.54, 1.807) is 0 Å². The maximum absolute atomic E-state index is 4.45. The predicted octanol–water partition coefficient (Wildman–Crippen LogP) is 3.23. The molecule has 0 amide bonds. The van der Waals surface area contributed by atoms with Gasteiger partial charge in [0.2, 0.25) is 5.95 Å². The van der Waals surface area contributed by atoms with Crippen molar-refractivity contribution in [3.8, 4) is 0 Å². The largest absolute Gasteiger partial charge is 0.359 e. The molecule has 0 fully saturated rings. The first-order valence-electron chi connectivity index (χ1n) is 5.87. The minimum atomic E-state index is 0.517. The Hall–Kier alpha value is -0.990. The summed E-state index contributed by atoms with van der Waals surface area (Å²) in [6, 6.07) is 0.517. The number of hydrogen-bond acceptors (Lipinski definition) is 2. The number of imidazole rings is 1. The summed E-state index contributed by atoms with van der Waals surface area (Å²) >= 11 is 0. The van der Waals surface area contributed by atoms with Gasteiger partial charge in [0.1, 0.15) is 0 Å². The molecule has 1 N–H and O–H groups in total. The number of anilines is 1. The molecule has 1 atom stereocenters. The van der Waals surface area contributed by atoms with Gasteiger partial charge in [0.25, 0.3) is 0 Å². The molecule has 0 aliphatic rings. The zero-order valence-corrected chi connectivity index (χ0v) is 10.5. The second kappa shape index (κ2) is 5.19. The fraction of sp³-hybridized carbons (Fsp3) is 0.750. The van der Waals surface area contributed by atoms with Gasteiger partial charge in [-0.3, -0.25) is 0 Å². The highest BCUT2D eigenvalue weighted by Gasteiger charge is 2.18.